The van der Waals surface area contributed by atoms with Crippen molar-refractivity contribution in [2.24, 2.45) is 0 Å². The maximum atomic E-state index is 13.1. The van der Waals surface area contributed by atoms with Crippen LogP contribution < -0.4 is 58.6 Å². The van der Waals surface area contributed by atoms with Crippen LogP contribution in [0, 0.1) is 5.82 Å². The van der Waals surface area contributed by atoms with E-state index in [1.54, 1.807) is 104 Å². The number of hydrogen-bond donors (Lipinski definition) is 9. The number of aryl methyl sites for hydroxylation is 1. The quantitative estimate of drug-likeness (QED) is 0.0461. The lowest BCUT2D eigenvalue weighted by molar-refractivity contribution is 0.101. The zero-order valence-corrected chi connectivity index (χ0v) is 68.3. The van der Waals surface area contributed by atoms with E-state index in [4.69, 9.17) is 4.98 Å². The lowest BCUT2D eigenvalue weighted by atomic mass is 9.86. The molecule has 5 aromatic carbocycles. The summed E-state index contributed by atoms with van der Waals surface area (Å²) < 4.78 is 13.1. The number of aromatic nitrogens is 7. The summed E-state index contributed by atoms with van der Waals surface area (Å²) in [6.07, 6.45) is 7.18. The van der Waals surface area contributed by atoms with Gasteiger partial charge in [0.05, 0.1) is 17.1 Å². The van der Waals surface area contributed by atoms with E-state index >= 15 is 0 Å². The Balaban J connectivity index is 0.000000164. The van der Waals surface area contributed by atoms with Crippen molar-refractivity contribution in [3.63, 3.8) is 0 Å². The van der Waals surface area contributed by atoms with Gasteiger partial charge in [-0.15, -0.1) is 0 Å². The van der Waals surface area contributed by atoms with E-state index < -0.39 is 5.56 Å². The van der Waals surface area contributed by atoms with Crippen LogP contribution in [0.25, 0.3) is 44.9 Å². The Kier molecular flexibility index (Phi) is 27.3. The molecule has 0 unspecified atom stereocenters. The van der Waals surface area contributed by atoms with Crippen LogP contribution in [0.1, 0.15) is 159 Å². The second kappa shape index (κ2) is 37.1. The number of rotatable bonds is 15. The molecule has 9 N–H and O–H groups in total. The van der Waals surface area contributed by atoms with Gasteiger partial charge in [-0.25, -0.2) is 14.4 Å². The zero-order valence-electron chi connectivity index (χ0n) is 68.3. The highest BCUT2D eigenvalue weighted by molar-refractivity contribution is 6.06. The molecule has 116 heavy (non-hydrogen) atoms. The number of H-pyrrole nitrogens is 4. The first-order valence-electron chi connectivity index (χ1n) is 38.4. The van der Waals surface area contributed by atoms with Gasteiger partial charge >= 0.3 is 0 Å². The van der Waals surface area contributed by atoms with Crippen molar-refractivity contribution in [2.75, 3.05) is 71.3 Å². The number of piperazine rings is 1. The van der Waals surface area contributed by atoms with Gasteiger partial charge in [-0.05, 0) is 177 Å². The Morgan fingerprint density at radius 3 is 1.03 bits per heavy atom. The Morgan fingerprint density at radius 2 is 0.698 bits per heavy atom. The third kappa shape index (κ3) is 23.0. The van der Waals surface area contributed by atoms with Crippen molar-refractivity contribution in [2.45, 2.75) is 118 Å². The van der Waals surface area contributed by atoms with E-state index in [0.29, 0.717) is 39.1 Å². The van der Waals surface area contributed by atoms with Crippen molar-refractivity contribution in [1.29, 1.82) is 0 Å². The standard InChI is InChI=1S/C25H29N5O2.C23H26N4O2.C23H25N3O2.C22H21FN2O2/c1-25(2,3)19-9-7-17(8-10-19)23(31)29-21-15-18(16-27-24(21)32)20-5-4-6-22(28-20)30-13-11-26-12-14-30;1-23(2,3)17-11-9-15(10-12-17)21(28)26-19-13-16(14-24-22(19)29)18-7-6-8-20(25-18)27(4)5;1-5-18-7-6-8-19(25-18)16-13-20(22(28)24-14-16)26-21(27)15-9-11-17(12-10-15)23(2,3)4;1-22(2,3)17-8-4-15(5-9-17)20(26)25-19-12-16(13-24-21(19)27)14-6-10-18(23)11-7-14/h4-10,15-16,26H,11-14H2,1-3H3,(H,27,32)(H,29,31);6-14H,1-5H3,(H,24,29)(H,26,28);6-14H,5H2,1-4H3,(H,24,28)(H,26,27);4-13H,1-3H3,(H,24,27)(H,25,26). The molecule has 0 bridgehead atoms. The molecule has 8 heterocycles. The normalized spacial score (nSPS) is 12.1. The van der Waals surface area contributed by atoms with E-state index in [1.807, 2.05) is 129 Å². The van der Waals surface area contributed by atoms with Crippen molar-refractivity contribution >= 4 is 58.0 Å². The number of amides is 4. The fourth-order valence-electron chi connectivity index (χ4n) is 12.1. The summed E-state index contributed by atoms with van der Waals surface area (Å²) in [4.78, 5) is 128. The highest BCUT2D eigenvalue weighted by Crippen LogP contribution is 2.30. The van der Waals surface area contributed by atoms with Crippen LogP contribution in [0.2, 0.25) is 0 Å². The summed E-state index contributed by atoms with van der Waals surface area (Å²) in [5, 5.41) is 14.2. The molecular weight excluding hydrogens is 1460 g/mol. The fraction of sp³-hybridized carbons (Fsp3) is 0.258. The second-order valence-corrected chi connectivity index (χ2v) is 32.4. The molecule has 0 atom stereocenters. The second-order valence-electron chi connectivity index (χ2n) is 32.4. The minimum atomic E-state index is -0.402. The summed E-state index contributed by atoms with van der Waals surface area (Å²) in [6, 6.07) is 59.4. The molecule has 1 fully saturated rings. The molecule has 1 aliphatic rings. The van der Waals surface area contributed by atoms with Crippen LogP contribution in [0.3, 0.4) is 0 Å². The molecule has 4 amide bonds. The van der Waals surface area contributed by atoms with E-state index in [0.717, 1.165) is 100 Å². The molecular formula is C93H101FN14O8. The van der Waals surface area contributed by atoms with Gasteiger partial charge in [0.25, 0.3) is 45.9 Å². The Morgan fingerprint density at radius 1 is 0.388 bits per heavy atom. The molecule has 13 rings (SSSR count). The number of hydrogen-bond acceptors (Lipinski definition) is 14. The fourth-order valence-corrected chi connectivity index (χ4v) is 12.1. The first kappa shape index (κ1) is 85.2. The average Bonchev–Trinajstić information content (AvgIpc) is 0.829. The number of pyridine rings is 7. The van der Waals surface area contributed by atoms with Gasteiger partial charge < -0.3 is 56.3 Å². The topological polar surface area (TPSA) is 305 Å². The van der Waals surface area contributed by atoms with Crippen LogP contribution in [0.15, 0.2) is 244 Å². The van der Waals surface area contributed by atoms with Gasteiger partial charge in [0.1, 0.15) is 40.2 Å². The lowest BCUT2D eigenvalue weighted by Gasteiger charge is -2.28. The van der Waals surface area contributed by atoms with Crippen LogP contribution in [-0.2, 0) is 28.1 Å². The Bertz CT molecular complexity index is 5710. The number of nitrogens with zero attached hydrogens (tertiary/aromatic N) is 5. The largest absolute Gasteiger partial charge is 0.363 e. The highest BCUT2D eigenvalue weighted by Gasteiger charge is 2.22. The van der Waals surface area contributed by atoms with Gasteiger partial charge in [0.2, 0.25) is 0 Å². The van der Waals surface area contributed by atoms with Gasteiger partial charge in [-0.1, -0.05) is 169 Å². The summed E-state index contributed by atoms with van der Waals surface area (Å²) in [7, 11) is 3.82. The smallest absolute Gasteiger partial charge is 0.271 e. The number of halogens is 1. The first-order valence-corrected chi connectivity index (χ1v) is 38.4. The molecule has 22 nitrogen and oxygen atoms in total. The number of carbonyl (C=O) groups excluding carboxylic acids is 4. The lowest BCUT2D eigenvalue weighted by Crippen LogP contribution is -2.43. The number of aromatic amines is 4. The molecule has 1 saturated heterocycles. The van der Waals surface area contributed by atoms with Gasteiger partial charge in [0.15, 0.2) is 0 Å². The monoisotopic (exact) mass is 1560 g/mol. The molecule has 7 aromatic heterocycles. The van der Waals surface area contributed by atoms with Gasteiger partial charge in [-0.2, -0.15) is 0 Å². The summed E-state index contributed by atoms with van der Waals surface area (Å²) in [5.74, 6) is 0.0303. The minimum Gasteiger partial charge on any atom is -0.363 e. The predicted octanol–water partition coefficient (Wildman–Crippen LogP) is 16.7. The molecule has 598 valence electrons. The number of carbonyl (C=O) groups is 4. The van der Waals surface area contributed by atoms with Crippen LogP contribution in [-0.4, -0.2) is 98.8 Å². The summed E-state index contributed by atoms with van der Waals surface area (Å²) in [5.41, 5.74) is 12.6. The maximum Gasteiger partial charge on any atom is 0.271 e. The Labute approximate surface area is 675 Å². The molecule has 0 radical (unpaired) electrons. The van der Waals surface area contributed by atoms with Crippen molar-refractivity contribution in [3.05, 3.63) is 322 Å². The number of anilines is 6. The number of benzene rings is 5. The molecule has 12 aromatic rings. The van der Waals surface area contributed by atoms with E-state index in [-0.39, 0.29) is 90.5 Å². The third-order valence-electron chi connectivity index (χ3n) is 19.3. The van der Waals surface area contributed by atoms with Crippen LogP contribution in [0.4, 0.5) is 38.8 Å². The van der Waals surface area contributed by atoms with Crippen molar-refractivity contribution < 1.29 is 23.6 Å². The summed E-state index contributed by atoms with van der Waals surface area (Å²) >= 11 is 0. The third-order valence-corrected chi connectivity index (χ3v) is 19.3. The van der Waals surface area contributed by atoms with Crippen molar-refractivity contribution in [1.82, 2.24) is 40.2 Å². The predicted molar refractivity (Wildman–Crippen MR) is 465 cm³/mol. The average molecular weight is 1560 g/mol. The Hall–Kier alpha value is -13.3. The SMILES string of the molecule is CC(C)(C)c1ccc(C(=O)Nc2cc(-c3ccc(F)cc3)c[nH]c2=O)cc1.CC(C)(C)c1ccc(C(=O)Nc2cc(-c3cccc(N4CCNCC4)n3)c[nH]c2=O)cc1.CCc1cccc(-c2c[nH]c(=O)c(NC(=O)c3ccc(C(C)(C)C)cc3)c2)n1.CN(C)c1cccc(-c2c[nH]c(=O)c(NC(=O)c3ccc(C(C)(C)C)cc3)c2)n1. The van der Waals surface area contributed by atoms with Gasteiger partial charge in [-0.3, -0.25) is 43.3 Å². The molecule has 0 spiro atoms. The van der Waals surface area contributed by atoms with Crippen molar-refractivity contribution in [3.8, 4) is 44.9 Å². The van der Waals surface area contributed by atoms with Crippen LogP contribution >= 0.6 is 0 Å². The molecule has 23 heteroatoms. The maximum absolute atomic E-state index is 13.1. The molecule has 0 aliphatic carbocycles. The zero-order chi connectivity index (χ0) is 83.8. The minimum absolute atomic E-state index is 0.00432. The van der Waals surface area contributed by atoms with E-state index in [1.165, 1.54) is 18.3 Å². The summed E-state index contributed by atoms with van der Waals surface area (Å²) in [6.45, 7) is 31.1. The first-order chi connectivity index (χ1) is 55.0. The highest BCUT2D eigenvalue weighted by atomic mass is 19.1. The van der Waals surface area contributed by atoms with E-state index in [9.17, 15) is 42.7 Å². The number of nitrogens with one attached hydrogen (secondary N) is 9. The molecule has 0 saturated carbocycles. The van der Waals surface area contributed by atoms with Crippen LogP contribution in [0.5, 0.6) is 0 Å². The van der Waals surface area contributed by atoms with Gasteiger partial charge in [0, 0.05) is 115 Å². The molecule has 1 aliphatic heterocycles. The van der Waals surface area contributed by atoms with E-state index in [2.05, 4.69) is 144 Å².